The van der Waals surface area contributed by atoms with Gasteiger partial charge in [0.1, 0.15) is 0 Å². The maximum absolute atomic E-state index is 5.49. The van der Waals surface area contributed by atoms with Gasteiger partial charge < -0.3 is 5.73 Å². The van der Waals surface area contributed by atoms with Gasteiger partial charge in [-0.15, -0.1) is 5.10 Å². The van der Waals surface area contributed by atoms with Gasteiger partial charge in [0, 0.05) is 13.0 Å². The Bertz CT molecular complexity index is 446. The van der Waals surface area contributed by atoms with Crippen LogP contribution in [0.25, 0.3) is 0 Å². The first-order valence-corrected chi connectivity index (χ1v) is 5.30. The lowest BCUT2D eigenvalue weighted by atomic mass is 10.1. The first kappa shape index (κ1) is 10.8. The van der Waals surface area contributed by atoms with Crippen molar-refractivity contribution in [1.82, 2.24) is 20.2 Å². The van der Waals surface area contributed by atoms with E-state index >= 15 is 0 Å². The molecule has 2 N–H and O–H groups in total. The van der Waals surface area contributed by atoms with Gasteiger partial charge in [-0.25, -0.2) is 4.68 Å². The lowest BCUT2D eigenvalue weighted by molar-refractivity contribution is 0.578. The summed E-state index contributed by atoms with van der Waals surface area (Å²) in [5.74, 6) is 0.856. The van der Waals surface area contributed by atoms with Crippen molar-refractivity contribution in [3.8, 4) is 0 Å². The highest BCUT2D eigenvalue weighted by atomic mass is 15.5. The van der Waals surface area contributed by atoms with Crippen LogP contribution in [0.1, 0.15) is 17.0 Å². The third kappa shape index (κ3) is 2.43. The molecule has 1 aromatic heterocycles. The summed E-state index contributed by atoms with van der Waals surface area (Å²) in [6.07, 6.45) is 0.743. The Balaban J connectivity index is 2.13. The Hall–Kier alpha value is -1.75. The summed E-state index contributed by atoms with van der Waals surface area (Å²) < 4.78 is 1.75. The lowest BCUT2D eigenvalue weighted by Crippen LogP contribution is -2.14. The van der Waals surface area contributed by atoms with Crippen LogP contribution in [0.15, 0.2) is 24.3 Å². The highest BCUT2D eigenvalue weighted by molar-refractivity contribution is 5.23. The normalized spacial score (nSPS) is 10.6. The van der Waals surface area contributed by atoms with Gasteiger partial charge in [-0.1, -0.05) is 29.8 Å². The molecule has 0 radical (unpaired) electrons. The zero-order valence-corrected chi connectivity index (χ0v) is 9.30. The first-order chi connectivity index (χ1) is 7.79. The van der Waals surface area contributed by atoms with Crippen molar-refractivity contribution >= 4 is 0 Å². The maximum atomic E-state index is 5.49. The van der Waals surface area contributed by atoms with Gasteiger partial charge in [0.05, 0.1) is 6.54 Å². The molecule has 1 heterocycles. The fraction of sp³-hybridized carbons (Fsp3) is 0.364. The molecule has 5 heteroatoms. The van der Waals surface area contributed by atoms with E-state index in [1.165, 1.54) is 11.1 Å². The lowest BCUT2D eigenvalue weighted by Gasteiger charge is -2.03. The van der Waals surface area contributed by atoms with Gasteiger partial charge in [0.25, 0.3) is 0 Å². The van der Waals surface area contributed by atoms with Crippen molar-refractivity contribution in [2.75, 3.05) is 6.54 Å². The molecule has 2 rings (SSSR count). The quantitative estimate of drug-likeness (QED) is 0.811. The molecule has 0 aliphatic carbocycles. The van der Waals surface area contributed by atoms with Gasteiger partial charge in [-0.05, 0) is 22.9 Å². The van der Waals surface area contributed by atoms with Crippen LogP contribution in [0, 0.1) is 6.92 Å². The number of rotatable bonds is 4. The van der Waals surface area contributed by atoms with Crippen LogP contribution < -0.4 is 5.73 Å². The van der Waals surface area contributed by atoms with Crippen molar-refractivity contribution in [2.45, 2.75) is 19.9 Å². The van der Waals surface area contributed by atoms with Gasteiger partial charge in [-0.2, -0.15) is 0 Å². The molecule has 0 saturated heterocycles. The Morgan fingerprint density at radius 3 is 2.69 bits per heavy atom. The highest BCUT2D eigenvalue weighted by Gasteiger charge is 2.05. The minimum absolute atomic E-state index is 0.548. The third-order valence-electron chi connectivity index (χ3n) is 2.43. The van der Waals surface area contributed by atoms with Crippen LogP contribution in [0.4, 0.5) is 0 Å². The van der Waals surface area contributed by atoms with Gasteiger partial charge in [0.15, 0.2) is 5.82 Å². The topological polar surface area (TPSA) is 69.6 Å². The standard InChI is InChI=1S/C11H15N5/c1-9-2-4-10(5-3-9)8-11-13-14-15-16(11)7-6-12/h2-5H,6-8,12H2,1H3. The molecule has 0 aliphatic heterocycles. The summed E-state index contributed by atoms with van der Waals surface area (Å²) in [7, 11) is 0. The Morgan fingerprint density at radius 2 is 2.00 bits per heavy atom. The monoisotopic (exact) mass is 217 g/mol. The maximum Gasteiger partial charge on any atom is 0.155 e. The second-order valence-electron chi connectivity index (χ2n) is 3.77. The van der Waals surface area contributed by atoms with Crippen LogP contribution in [0.3, 0.4) is 0 Å². The molecule has 1 aromatic carbocycles. The second kappa shape index (κ2) is 4.85. The van der Waals surface area contributed by atoms with E-state index in [4.69, 9.17) is 5.73 Å². The molecular formula is C11H15N5. The SMILES string of the molecule is Cc1ccc(Cc2nnnn2CCN)cc1. The molecule has 5 nitrogen and oxygen atoms in total. The van der Waals surface area contributed by atoms with Crippen LogP contribution in [0.5, 0.6) is 0 Å². The summed E-state index contributed by atoms with van der Waals surface area (Å²) >= 11 is 0. The van der Waals surface area contributed by atoms with Crippen LogP contribution in [-0.4, -0.2) is 26.8 Å². The van der Waals surface area contributed by atoms with Gasteiger partial charge in [0.2, 0.25) is 0 Å². The molecular weight excluding hydrogens is 202 g/mol. The van der Waals surface area contributed by atoms with E-state index in [2.05, 4.69) is 46.7 Å². The molecule has 0 saturated carbocycles. The van der Waals surface area contributed by atoms with Crippen molar-refractivity contribution in [2.24, 2.45) is 5.73 Å². The Morgan fingerprint density at radius 1 is 1.25 bits per heavy atom. The summed E-state index contributed by atoms with van der Waals surface area (Å²) in [4.78, 5) is 0. The molecule has 0 unspecified atom stereocenters. The average Bonchev–Trinajstić information content (AvgIpc) is 2.70. The van der Waals surface area contributed by atoms with Gasteiger partial charge >= 0.3 is 0 Å². The van der Waals surface area contributed by atoms with E-state index in [0.717, 1.165) is 12.2 Å². The minimum Gasteiger partial charge on any atom is -0.329 e. The third-order valence-corrected chi connectivity index (χ3v) is 2.43. The first-order valence-electron chi connectivity index (χ1n) is 5.30. The number of aromatic nitrogens is 4. The van der Waals surface area contributed by atoms with E-state index in [9.17, 15) is 0 Å². The fourth-order valence-corrected chi connectivity index (χ4v) is 1.53. The molecule has 16 heavy (non-hydrogen) atoms. The van der Waals surface area contributed by atoms with Crippen LogP contribution in [-0.2, 0) is 13.0 Å². The molecule has 0 aliphatic rings. The number of benzene rings is 1. The second-order valence-corrected chi connectivity index (χ2v) is 3.77. The van der Waals surface area contributed by atoms with Crippen molar-refractivity contribution in [3.05, 3.63) is 41.2 Å². The van der Waals surface area contributed by atoms with Crippen molar-refractivity contribution in [1.29, 1.82) is 0 Å². The Kier molecular flexibility index (Phi) is 3.26. The fourth-order valence-electron chi connectivity index (χ4n) is 1.53. The smallest absolute Gasteiger partial charge is 0.155 e. The van der Waals surface area contributed by atoms with Crippen molar-refractivity contribution in [3.63, 3.8) is 0 Å². The molecule has 0 atom stereocenters. The molecule has 0 fully saturated rings. The van der Waals surface area contributed by atoms with E-state index in [0.29, 0.717) is 13.1 Å². The van der Waals surface area contributed by atoms with Crippen LogP contribution >= 0.6 is 0 Å². The minimum atomic E-state index is 0.548. The summed E-state index contributed by atoms with van der Waals surface area (Å²) in [6.45, 7) is 3.28. The number of hydrogen-bond acceptors (Lipinski definition) is 4. The summed E-state index contributed by atoms with van der Waals surface area (Å²) in [5, 5.41) is 11.6. The van der Waals surface area contributed by atoms with Gasteiger partial charge in [-0.3, -0.25) is 0 Å². The number of hydrogen-bond donors (Lipinski definition) is 1. The molecule has 84 valence electrons. The molecule has 2 aromatic rings. The molecule has 0 bridgehead atoms. The largest absolute Gasteiger partial charge is 0.329 e. The zero-order valence-electron chi connectivity index (χ0n) is 9.30. The summed E-state index contributed by atoms with van der Waals surface area (Å²) in [5.41, 5.74) is 7.95. The zero-order chi connectivity index (χ0) is 11.4. The Labute approximate surface area is 94.3 Å². The number of tetrazole rings is 1. The number of aryl methyl sites for hydroxylation is 1. The predicted molar refractivity (Wildman–Crippen MR) is 60.9 cm³/mol. The molecule has 0 amide bonds. The number of nitrogens with zero attached hydrogens (tertiary/aromatic N) is 4. The van der Waals surface area contributed by atoms with Crippen LogP contribution in [0.2, 0.25) is 0 Å². The molecule has 0 spiro atoms. The van der Waals surface area contributed by atoms with E-state index in [-0.39, 0.29) is 0 Å². The average molecular weight is 217 g/mol. The van der Waals surface area contributed by atoms with E-state index in [1.54, 1.807) is 4.68 Å². The highest BCUT2D eigenvalue weighted by Crippen LogP contribution is 2.07. The van der Waals surface area contributed by atoms with Crippen molar-refractivity contribution < 1.29 is 0 Å². The summed E-state index contributed by atoms with van der Waals surface area (Å²) in [6, 6.07) is 8.37. The van der Waals surface area contributed by atoms with E-state index in [1.807, 2.05) is 0 Å². The number of nitrogens with two attached hydrogens (primary N) is 1. The van der Waals surface area contributed by atoms with E-state index < -0.39 is 0 Å². The predicted octanol–water partition coefficient (Wildman–Crippen LogP) is 0.531.